The Hall–Kier alpha value is -3.57. The lowest BCUT2D eigenvalue weighted by atomic mass is 10.2. The fourth-order valence-electron chi connectivity index (χ4n) is 2.66. The summed E-state index contributed by atoms with van der Waals surface area (Å²) in [4.78, 5) is 25.2. The summed E-state index contributed by atoms with van der Waals surface area (Å²) in [6.07, 6.45) is 1.34. The van der Waals surface area contributed by atoms with Crippen LogP contribution in [-0.4, -0.2) is 17.5 Å². The summed E-state index contributed by atoms with van der Waals surface area (Å²) in [6, 6.07) is 11.8. The highest BCUT2D eigenvalue weighted by Crippen LogP contribution is 2.12. The first kappa shape index (κ1) is 20.2. The molecule has 3 rings (SSSR count). The molecule has 1 heterocycles. The quantitative estimate of drug-likeness (QED) is 0.713. The van der Waals surface area contributed by atoms with E-state index in [1.165, 1.54) is 43.5 Å². The van der Waals surface area contributed by atoms with Crippen molar-refractivity contribution in [3.63, 3.8) is 0 Å². The molecule has 0 aliphatic heterocycles. The van der Waals surface area contributed by atoms with Gasteiger partial charge in [-0.15, -0.1) is 11.3 Å². The van der Waals surface area contributed by atoms with Crippen LogP contribution in [0.3, 0.4) is 0 Å². The number of aromatic nitrogens is 1. The van der Waals surface area contributed by atoms with Crippen LogP contribution in [0.5, 0.6) is 0 Å². The van der Waals surface area contributed by atoms with Gasteiger partial charge in [0.05, 0.1) is 10.2 Å². The number of nitrogens with one attached hydrogen (secondary N) is 1. The highest BCUT2D eigenvalue weighted by atomic mass is 32.1. The van der Waals surface area contributed by atoms with Crippen LogP contribution in [0.2, 0.25) is 0 Å². The summed E-state index contributed by atoms with van der Waals surface area (Å²) >= 11 is 0.856. The molecule has 29 heavy (non-hydrogen) atoms. The van der Waals surface area contributed by atoms with Gasteiger partial charge in [0.25, 0.3) is 11.5 Å². The van der Waals surface area contributed by atoms with Crippen molar-refractivity contribution in [3.05, 3.63) is 84.8 Å². The zero-order chi connectivity index (χ0) is 21.1. The number of nitrogens with zero attached hydrogens (tertiary/aromatic N) is 2. The van der Waals surface area contributed by atoms with Gasteiger partial charge in [0.15, 0.2) is 5.57 Å². The third-order valence-corrected chi connectivity index (χ3v) is 5.30. The van der Waals surface area contributed by atoms with Crippen LogP contribution in [0.4, 0.5) is 8.78 Å². The van der Waals surface area contributed by atoms with Crippen molar-refractivity contribution >= 4 is 28.9 Å². The van der Waals surface area contributed by atoms with E-state index in [2.05, 4.69) is 5.32 Å². The average Bonchev–Trinajstić information content (AvgIpc) is 3.02. The molecule has 0 fully saturated rings. The van der Waals surface area contributed by atoms with Crippen molar-refractivity contribution in [1.29, 1.82) is 5.26 Å². The number of hydrogen-bond donors (Lipinski definition) is 1. The van der Waals surface area contributed by atoms with E-state index in [1.807, 2.05) is 0 Å². The predicted octanol–water partition coefficient (Wildman–Crippen LogP) is 1.73. The maximum atomic E-state index is 14.1. The fraction of sp³-hybridized carbons (Fsp3) is 0.0952. The van der Waals surface area contributed by atoms with E-state index in [1.54, 1.807) is 19.1 Å². The van der Waals surface area contributed by atoms with Crippen molar-refractivity contribution in [2.24, 2.45) is 0 Å². The second-order valence-corrected chi connectivity index (χ2v) is 7.11. The average molecular weight is 411 g/mol. The molecule has 1 aromatic heterocycles. The van der Waals surface area contributed by atoms with Crippen molar-refractivity contribution < 1.29 is 13.6 Å². The Morgan fingerprint density at radius 1 is 1.21 bits per heavy atom. The Labute approximate surface area is 168 Å². The molecule has 5 nitrogen and oxygen atoms in total. The van der Waals surface area contributed by atoms with Crippen LogP contribution < -0.4 is 20.1 Å². The third kappa shape index (κ3) is 3.86. The largest absolute Gasteiger partial charge is 0.354 e. The first-order valence-electron chi connectivity index (χ1n) is 8.48. The van der Waals surface area contributed by atoms with Crippen LogP contribution in [0, 0.1) is 29.9 Å². The van der Waals surface area contributed by atoms with Gasteiger partial charge >= 0.3 is 0 Å². The SMILES string of the molecule is CNC(=O)/C(C#N)=c1\s/c(=C\c2ccccc2F)c(=O)n1-c1ccc(C)c(F)c1. The predicted molar refractivity (Wildman–Crippen MR) is 107 cm³/mol. The molecule has 1 N–H and O–H groups in total. The number of aryl methyl sites for hydroxylation is 1. The molecule has 8 heteroatoms. The van der Waals surface area contributed by atoms with Crippen LogP contribution in [0.25, 0.3) is 17.3 Å². The van der Waals surface area contributed by atoms with Crippen LogP contribution in [-0.2, 0) is 4.79 Å². The zero-order valence-corrected chi connectivity index (χ0v) is 16.3. The van der Waals surface area contributed by atoms with Crippen molar-refractivity contribution in [1.82, 2.24) is 9.88 Å². The number of amides is 1. The standard InChI is InChI=1S/C21H15F2N3O2S/c1-12-7-8-14(10-17(12)23)26-20(28)18(9-13-5-3-4-6-16(13)22)29-21(26)15(11-24)19(27)25-2/h3-10H,1-2H3,(H,25,27)/b18-9-,21-15-. The summed E-state index contributed by atoms with van der Waals surface area (Å²) in [5.74, 6) is -1.75. The molecule has 0 unspecified atom stereocenters. The summed E-state index contributed by atoms with van der Waals surface area (Å²) in [5.41, 5.74) is -0.170. The van der Waals surface area contributed by atoms with Gasteiger partial charge in [0.2, 0.25) is 0 Å². The molecule has 0 bridgehead atoms. The van der Waals surface area contributed by atoms with E-state index >= 15 is 0 Å². The lowest BCUT2D eigenvalue weighted by Crippen LogP contribution is -2.33. The highest BCUT2D eigenvalue weighted by molar-refractivity contribution is 7.07. The summed E-state index contributed by atoms with van der Waals surface area (Å²) < 4.78 is 29.4. The second kappa shape index (κ2) is 8.20. The molecular weight excluding hydrogens is 396 g/mol. The van der Waals surface area contributed by atoms with Gasteiger partial charge in [-0.25, -0.2) is 8.78 Å². The summed E-state index contributed by atoms with van der Waals surface area (Å²) in [6.45, 7) is 1.57. The minimum absolute atomic E-state index is 0.0303. The second-order valence-electron chi connectivity index (χ2n) is 6.08. The van der Waals surface area contributed by atoms with E-state index in [0.29, 0.717) is 5.56 Å². The molecule has 0 atom stereocenters. The molecule has 1 amide bonds. The summed E-state index contributed by atoms with van der Waals surface area (Å²) in [7, 11) is 1.35. The van der Waals surface area contributed by atoms with Gasteiger partial charge in [0, 0.05) is 12.6 Å². The number of benzene rings is 2. The van der Waals surface area contributed by atoms with Crippen LogP contribution in [0.1, 0.15) is 11.1 Å². The Kier molecular flexibility index (Phi) is 5.71. The third-order valence-electron chi connectivity index (χ3n) is 4.21. The molecule has 0 saturated carbocycles. The molecule has 0 radical (unpaired) electrons. The van der Waals surface area contributed by atoms with Gasteiger partial charge in [-0.2, -0.15) is 5.26 Å². The van der Waals surface area contributed by atoms with E-state index in [-0.39, 0.29) is 26.0 Å². The van der Waals surface area contributed by atoms with Gasteiger partial charge in [-0.05, 0) is 36.8 Å². The lowest BCUT2D eigenvalue weighted by Gasteiger charge is -2.05. The topological polar surface area (TPSA) is 74.9 Å². The normalized spacial score (nSPS) is 12.4. The first-order chi connectivity index (χ1) is 13.9. The highest BCUT2D eigenvalue weighted by Gasteiger charge is 2.16. The Morgan fingerprint density at radius 2 is 1.93 bits per heavy atom. The Bertz CT molecular complexity index is 1330. The Balaban J connectivity index is 2.45. The Morgan fingerprint density at radius 3 is 2.55 bits per heavy atom. The van der Waals surface area contributed by atoms with Gasteiger partial charge < -0.3 is 5.32 Å². The smallest absolute Gasteiger partial charge is 0.273 e. The summed E-state index contributed by atoms with van der Waals surface area (Å²) in [5, 5.41) is 11.8. The van der Waals surface area contributed by atoms with Gasteiger partial charge in [-0.1, -0.05) is 24.3 Å². The fourth-order valence-corrected chi connectivity index (χ4v) is 3.75. The monoisotopic (exact) mass is 411 g/mol. The van der Waals surface area contributed by atoms with E-state index in [0.717, 1.165) is 22.0 Å². The molecule has 3 aromatic rings. The number of nitriles is 1. The number of hydrogen-bond acceptors (Lipinski definition) is 4. The maximum absolute atomic E-state index is 14.1. The maximum Gasteiger partial charge on any atom is 0.273 e. The van der Waals surface area contributed by atoms with Crippen LogP contribution in [0.15, 0.2) is 47.3 Å². The van der Waals surface area contributed by atoms with Gasteiger partial charge in [0.1, 0.15) is 22.4 Å². The zero-order valence-electron chi connectivity index (χ0n) is 15.5. The molecule has 0 aliphatic carbocycles. The van der Waals surface area contributed by atoms with Crippen molar-refractivity contribution in [2.75, 3.05) is 7.05 Å². The number of carbonyl (C=O) groups excluding carboxylic acids is 1. The first-order valence-corrected chi connectivity index (χ1v) is 9.30. The van der Waals surface area contributed by atoms with E-state index in [9.17, 15) is 23.6 Å². The number of carbonyl (C=O) groups is 1. The molecule has 146 valence electrons. The molecular formula is C21H15F2N3O2S. The molecule has 0 spiro atoms. The van der Waals surface area contributed by atoms with Crippen molar-refractivity contribution in [3.8, 4) is 11.8 Å². The minimum atomic E-state index is -0.687. The number of halogens is 2. The minimum Gasteiger partial charge on any atom is -0.354 e. The number of rotatable bonds is 3. The lowest BCUT2D eigenvalue weighted by molar-refractivity contribution is -0.115. The molecule has 0 aliphatic rings. The molecule has 0 saturated heterocycles. The van der Waals surface area contributed by atoms with Gasteiger partial charge in [-0.3, -0.25) is 14.2 Å². The van der Waals surface area contributed by atoms with Crippen LogP contribution >= 0.6 is 11.3 Å². The van der Waals surface area contributed by atoms with Crippen molar-refractivity contribution in [2.45, 2.75) is 6.92 Å². The number of thiazole rings is 1. The molecule has 2 aromatic carbocycles. The van der Waals surface area contributed by atoms with E-state index in [4.69, 9.17) is 0 Å². The van der Waals surface area contributed by atoms with E-state index < -0.39 is 23.1 Å².